The lowest BCUT2D eigenvalue weighted by Crippen LogP contribution is -2.23. The molecule has 0 aliphatic rings. The molecule has 0 radical (unpaired) electrons. The van der Waals surface area contributed by atoms with E-state index >= 15 is 0 Å². The maximum absolute atomic E-state index is 5.99. The maximum Gasteiger partial charge on any atom is 0.0602 e. The summed E-state index contributed by atoms with van der Waals surface area (Å²) in [5, 5.41) is 0. The minimum absolute atomic E-state index is 0.537. The molecule has 2 aromatic rings. The average Bonchev–Trinajstić information content (AvgIpc) is 2.46. The summed E-state index contributed by atoms with van der Waals surface area (Å²) in [6.45, 7) is 3.89. The van der Waals surface area contributed by atoms with Crippen molar-refractivity contribution in [2.45, 2.75) is 19.3 Å². The zero-order valence-electron chi connectivity index (χ0n) is 10.5. The van der Waals surface area contributed by atoms with Crippen LogP contribution in [0.4, 0.5) is 5.69 Å². The fourth-order valence-electron chi connectivity index (χ4n) is 1.99. The molecule has 3 heteroatoms. The van der Waals surface area contributed by atoms with Crippen LogP contribution in [0.1, 0.15) is 18.2 Å². The molecule has 1 heterocycles. The third-order valence-electron chi connectivity index (χ3n) is 2.94. The van der Waals surface area contributed by atoms with E-state index in [4.69, 9.17) is 11.6 Å². The molecule has 0 amide bonds. The molecule has 94 valence electrons. The van der Waals surface area contributed by atoms with Crippen LogP contribution in [-0.2, 0) is 12.4 Å². The van der Waals surface area contributed by atoms with Crippen LogP contribution >= 0.6 is 11.6 Å². The van der Waals surface area contributed by atoms with E-state index in [2.05, 4.69) is 28.9 Å². The lowest BCUT2D eigenvalue weighted by molar-refractivity contribution is 0.805. The fraction of sp³-hybridized carbons (Fsp3) is 0.267. The van der Waals surface area contributed by atoms with Gasteiger partial charge >= 0.3 is 0 Å². The molecular formula is C15H17ClN2. The Balaban J connectivity index is 2.23. The molecule has 0 atom stereocenters. The summed E-state index contributed by atoms with van der Waals surface area (Å²) in [6.07, 6.45) is 1.83. The molecule has 0 fully saturated rings. The number of alkyl halides is 1. The second-order valence-electron chi connectivity index (χ2n) is 4.10. The van der Waals surface area contributed by atoms with Crippen molar-refractivity contribution in [1.82, 2.24) is 4.98 Å². The summed E-state index contributed by atoms with van der Waals surface area (Å²) in [5.74, 6) is 0.537. The average molecular weight is 261 g/mol. The first kappa shape index (κ1) is 12.9. The van der Waals surface area contributed by atoms with Crippen molar-refractivity contribution in [3.05, 3.63) is 59.9 Å². The molecule has 0 saturated carbocycles. The van der Waals surface area contributed by atoms with Crippen LogP contribution in [0.3, 0.4) is 0 Å². The third kappa shape index (κ3) is 3.02. The number of rotatable bonds is 5. The Morgan fingerprint density at radius 2 is 1.89 bits per heavy atom. The largest absolute Gasteiger partial charge is 0.366 e. The van der Waals surface area contributed by atoms with Crippen LogP contribution in [0.15, 0.2) is 48.7 Å². The van der Waals surface area contributed by atoms with Gasteiger partial charge in [0.25, 0.3) is 0 Å². The number of benzene rings is 1. The first-order valence-corrected chi connectivity index (χ1v) is 6.67. The number of pyridine rings is 1. The standard InChI is InChI=1S/C15H17ClN2/c1-2-18(12-14-8-5-6-10-17-14)15-9-4-3-7-13(15)11-16/h3-10H,2,11-12H2,1H3. The maximum atomic E-state index is 5.99. The zero-order valence-corrected chi connectivity index (χ0v) is 11.3. The van der Waals surface area contributed by atoms with Crippen molar-refractivity contribution >= 4 is 17.3 Å². The van der Waals surface area contributed by atoms with E-state index in [0.717, 1.165) is 24.3 Å². The highest BCUT2D eigenvalue weighted by Crippen LogP contribution is 2.23. The van der Waals surface area contributed by atoms with Crippen LogP contribution < -0.4 is 4.90 Å². The zero-order chi connectivity index (χ0) is 12.8. The predicted octanol–water partition coefficient (Wildman–Crippen LogP) is 3.85. The monoisotopic (exact) mass is 260 g/mol. The minimum Gasteiger partial charge on any atom is -0.366 e. The number of hydrogen-bond donors (Lipinski definition) is 0. The van der Waals surface area contributed by atoms with Gasteiger partial charge in [-0.3, -0.25) is 4.98 Å². The Bertz CT molecular complexity index is 485. The Morgan fingerprint density at radius 3 is 2.56 bits per heavy atom. The Hall–Kier alpha value is -1.54. The molecule has 2 rings (SSSR count). The first-order valence-electron chi connectivity index (χ1n) is 6.14. The van der Waals surface area contributed by atoms with Crippen molar-refractivity contribution in [3.8, 4) is 0 Å². The molecule has 2 nitrogen and oxygen atoms in total. The van der Waals surface area contributed by atoms with Gasteiger partial charge in [-0.15, -0.1) is 11.6 Å². The molecular weight excluding hydrogens is 244 g/mol. The molecule has 0 saturated heterocycles. The van der Waals surface area contributed by atoms with Gasteiger partial charge in [-0.25, -0.2) is 0 Å². The highest BCUT2D eigenvalue weighted by Gasteiger charge is 2.09. The smallest absolute Gasteiger partial charge is 0.0602 e. The molecule has 0 bridgehead atoms. The van der Waals surface area contributed by atoms with Gasteiger partial charge < -0.3 is 4.90 Å². The summed E-state index contributed by atoms with van der Waals surface area (Å²) in [7, 11) is 0. The van der Waals surface area contributed by atoms with E-state index in [-0.39, 0.29) is 0 Å². The number of aromatic nitrogens is 1. The first-order chi connectivity index (χ1) is 8.85. The van der Waals surface area contributed by atoms with Crippen LogP contribution in [0.5, 0.6) is 0 Å². The van der Waals surface area contributed by atoms with Gasteiger partial charge in [0.05, 0.1) is 12.2 Å². The highest BCUT2D eigenvalue weighted by atomic mass is 35.5. The number of para-hydroxylation sites is 1. The molecule has 0 N–H and O–H groups in total. The quantitative estimate of drug-likeness (QED) is 0.760. The second kappa shape index (κ2) is 6.41. The second-order valence-corrected chi connectivity index (χ2v) is 4.36. The van der Waals surface area contributed by atoms with E-state index in [9.17, 15) is 0 Å². The van der Waals surface area contributed by atoms with Gasteiger partial charge in [0, 0.05) is 24.3 Å². The molecule has 0 aliphatic heterocycles. The molecule has 1 aromatic carbocycles. The molecule has 18 heavy (non-hydrogen) atoms. The van der Waals surface area contributed by atoms with Crippen LogP contribution in [-0.4, -0.2) is 11.5 Å². The van der Waals surface area contributed by atoms with Gasteiger partial charge in [0.1, 0.15) is 0 Å². The Morgan fingerprint density at radius 1 is 1.11 bits per heavy atom. The number of anilines is 1. The van der Waals surface area contributed by atoms with E-state index in [1.165, 1.54) is 5.69 Å². The lowest BCUT2D eigenvalue weighted by atomic mass is 10.1. The van der Waals surface area contributed by atoms with Crippen molar-refractivity contribution in [2.24, 2.45) is 0 Å². The summed E-state index contributed by atoms with van der Waals surface area (Å²) in [4.78, 5) is 6.66. The Kier molecular flexibility index (Phi) is 4.59. The Labute approximate surface area is 113 Å². The molecule has 1 aromatic heterocycles. The lowest BCUT2D eigenvalue weighted by Gasteiger charge is -2.25. The van der Waals surface area contributed by atoms with Crippen molar-refractivity contribution in [2.75, 3.05) is 11.4 Å². The minimum atomic E-state index is 0.537. The van der Waals surface area contributed by atoms with Gasteiger partial charge in [-0.05, 0) is 30.7 Å². The van der Waals surface area contributed by atoms with Crippen LogP contribution in [0, 0.1) is 0 Å². The topological polar surface area (TPSA) is 16.1 Å². The summed E-state index contributed by atoms with van der Waals surface area (Å²) in [6, 6.07) is 14.3. The van der Waals surface area contributed by atoms with Crippen molar-refractivity contribution in [1.29, 1.82) is 0 Å². The molecule has 0 aliphatic carbocycles. The third-order valence-corrected chi connectivity index (χ3v) is 3.22. The van der Waals surface area contributed by atoms with Crippen molar-refractivity contribution < 1.29 is 0 Å². The molecule has 0 spiro atoms. The van der Waals surface area contributed by atoms with Crippen molar-refractivity contribution in [3.63, 3.8) is 0 Å². The van der Waals surface area contributed by atoms with Gasteiger partial charge in [0.15, 0.2) is 0 Å². The molecule has 0 unspecified atom stereocenters. The number of halogens is 1. The summed E-state index contributed by atoms with van der Waals surface area (Å²) in [5.41, 5.74) is 3.43. The normalized spacial score (nSPS) is 10.3. The van der Waals surface area contributed by atoms with E-state index in [1.807, 2.05) is 36.5 Å². The van der Waals surface area contributed by atoms with E-state index < -0.39 is 0 Å². The van der Waals surface area contributed by atoms with Crippen LogP contribution in [0.25, 0.3) is 0 Å². The van der Waals surface area contributed by atoms with E-state index in [1.54, 1.807) is 0 Å². The van der Waals surface area contributed by atoms with Crippen LogP contribution in [0.2, 0.25) is 0 Å². The fourth-order valence-corrected chi connectivity index (χ4v) is 2.21. The predicted molar refractivity (Wildman–Crippen MR) is 77.0 cm³/mol. The van der Waals surface area contributed by atoms with E-state index in [0.29, 0.717) is 5.88 Å². The van der Waals surface area contributed by atoms with Gasteiger partial charge in [0.2, 0.25) is 0 Å². The van der Waals surface area contributed by atoms with Gasteiger partial charge in [-0.1, -0.05) is 24.3 Å². The number of hydrogen-bond acceptors (Lipinski definition) is 2. The number of nitrogens with zero attached hydrogens (tertiary/aromatic N) is 2. The summed E-state index contributed by atoms with van der Waals surface area (Å²) >= 11 is 5.99. The SMILES string of the molecule is CCN(Cc1ccccn1)c1ccccc1CCl. The summed E-state index contributed by atoms with van der Waals surface area (Å²) < 4.78 is 0. The highest BCUT2D eigenvalue weighted by molar-refractivity contribution is 6.17. The van der Waals surface area contributed by atoms with Gasteiger partial charge in [-0.2, -0.15) is 0 Å².